The molecule has 0 saturated carbocycles. The van der Waals surface area contributed by atoms with Gasteiger partial charge in [0, 0.05) is 16.5 Å². The highest BCUT2D eigenvalue weighted by molar-refractivity contribution is 5.83. The topological polar surface area (TPSA) is 104 Å². The molecule has 38 heavy (non-hydrogen) atoms. The average molecular weight is 516 g/mol. The lowest BCUT2D eigenvalue weighted by Crippen LogP contribution is -2.23. The number of hydrogen-bond acceptors (Lipinski definition) is 7. The van der Waals surface area contributed by atoms with Gasteiger partial charge in [0.05, 0.1) is 50.2 Å². The number of aryl methyl sites for hydroxylation is 1. The first-order valence-electron chi connectivity index (χ1n) is 11.7. The summed E-state index contributed by atoms with van der Waals surface area (Å²) in [4.78, 5) is 0. The molecule has 0 unspecified atom stereocenters. The Kier molecular flexibility index (Phi) is 6.46. The third kappa shape index (κ3) is 4.41. The van der Waals surface area contributed by atoms with Gasteiger partial charge in [-0.2, -0.15) is 19.1 Å². The van der Waals surface area contributed by atoms with Gasteiger partial charge in [-0.3, -0.25) is 4.68 Å². The fourth-order valence-corrected chi connectivity index (χ4v) is 4.40. The second-order valence-corrected chi connectivity index (χ2v) is 8.66. The molecule has 0 radical (unpaired) electrons. The quantitative estimate of drug-likeness (QED) is 0.301. The Morgan fingerprint density at radius 1 is 0.974 bits per heavy atom. The van der Waals surface area contributed by atoms with Crippen LogP contribution in [-0.2, 0) is 19.0 Å². The van der Waals surface area contributed by atoms with Crippen molar-refractivity contribution in [3.63, 3.8) is 0 Å². The van der Waals surface area contributed by atoms with Crippen molar-refractivity contribution in [3.05, 3.63) is 94.4 Å². The maximum absolute atomic E-state index is 15.9. The number of hydrogen-bond donors (Lipinski definition) is 0. The van der Waals surface area contributed by atoms with E-state index >= 15 is 8.78 Å². The molecule has 2 heterocycles. The van der Waals surface area contributed by atoms with Crippen molar-refractivity contribution in [1.82, 2.24) is 30.0 Å². The summed E-state index contributed by atoms with van der Waals surface area (Å²) in [5, 5.41) is 25.9. The van der Waals surface area contributed by atoms with Crippen LogP contribution in [0.25, 0.3) is 10.9 Å². The Morgan fingerprint density at radius 3 is 2.47 bits per heavy atom. The minimum atomic E-state index is -3.49. The van der Waals surface area contributed by atoms with Crippen LogP contribution in [0.5, 0.6) is 11.5 Å². The molecule has 192 valence electrons. The number of benzene rings is 3. The van der Waals surface area contributed by atoms with Gasteiger partial charge >= 0.3 is 5.92 Å². The molecule has 5 rings (SSSR count). The van der Waals surface area contributed by atoms with Gasteiger partial charge in [0.15, 0.2) is 0 Å². The number of aromatic nitrogens is 6. The number of nitrogens with zero attached hydrogens (tertiary/aromatic N) is 7. The predicted octanol–water partition coefficient (Wildman–Crippen LogP) is 4.46. The predicted molar refractivity (Wildman–Crippen MR) is 134 cm³/mol. The molecule has 3 aromatic carbocycles. The molecule has 0 N–H and O–H groups in total. The normalized spacial score (nSPS) is 11.5. The molecule has 0 bridgehead atoms. The van der Waals surface area contributed by atoms with Crippen LogP contribution in [0.1, 0.15) is 33.8 Å². The van der Waals surface area contributed by atoms with E-state index in [1.807, 2.05) is 0 Å². The highest BCUT2D eigenvalue weighted by atomic mass is 19.3. The SMILES string of the molecule is COc1ccc(Cn2nnnc2C(F)(F)c2ccc3c(C)nn(Cc4c(C#N)cccc4OC)c3c2)cc1. The van der Waals surface area contributed by atoms with E-state index in [-0.39, 0.29) is 18.7 Å². The number of nitriles is 1. The van der Waals surface area contributed by atoms with Gasteiger partial charge in [0.1, 0.15) is 11.5 Å². The first kappa shape index (κ1) is 24.8. The second kappa shape index (κ2) is 9.89. The average Bonchev–Trinajstić information content (AvgIpc) is 3.53. The third-order valence-corrected chi connectivity index (χ3v) is 6.38. The summed E-state index contributed by atoms with van der Waals surface area (Å²) in [6, 6.07) is 18.7. The standard InChI is InChI=1S/C27H23F2N7O2/c1-17-22-12-9-20(13-24(22)35(32-17)16-23-19(14-30)5-4-6-25(23)38-3)27(28,29)26-31-33-34-36(26)15-18-7-10-21(37-2)11-8-18/h4-13H,15-16H2,1-3H3. The van der Waals surface area contributed by atoms with Gasteiger partial charge in [0.2, 0.25) is 5.82 Å². The summed E-state index contributed by atoms with van der Waals surface area (Å²) >= 11 is 0. The number of alkyl halides is 2. The van der Waals surface area contributed by atoms with E-state index < -0.39 is 11.7 Å². The molecular formula is C27H23F2N7O2. The van der Waals surface area contributed by atoms with Gasteiger partial charge in [-0.05, 0) is 53.2 Å². The molecule has 5 aromatic rings. The molecular weight excluding hydrogens is 492 g/mol. The Bertz CT molecular complexity index is 1650. The van der Waals surface area contributed by atoms with Crippen LogP contribution in [0.4, 0.5) is 8.78 Å². The first-order valence-corrected chi connectivity index (χ1v) is 11.7. The summed E-state index contributed by atoms with van der Waals surface area (Å²) in [5.74, 6) is -2.89. The molecule has 9 nitrogen and oxygen atoms in total. The van der Waals surface area contributed by atoms with Gasteiger partial charge in [-0.1, -0.05) is 30.3 Å². The van der Waals surface area contributed by atoms with Gasteiger partial charge < -0.3 is 9.47 Å². The van der Waals surface area contributed by atoms with Crippen molar-refractivity contribution < 1.29 is 18.3 Å². The summed E-state index contributed by atoms with van der Waals surface area (Å²) in [6.45, 7) is 2.03. The molecule has 0 atom stereocenters. The number of fused-ring (bicyclic) bond motifs is 1. The fourth-order valence-electron chi connectivity index (χ4n) is 4.40. The Labute approximate surface area is 216 Å². The van der Waals surface area contributed by atoms with Crippen LogP contribution in [0.3, 0.4) is 0 Å². The van der Waals surface area contributed by atoms with Crippen LogP contribution >= 0.6 is 0 Å². The number of halogens is 2. The van der Waals surface area contributed by atoms with E-state index in [1.54, 1.807) is 67.2 Å². The van der Waals surface area contributed by atoms with Crippen LogP contribution in [-0.4, -0.2) is 44.2 Å². The van der Waals surface area contributed by atoms with Crippen LogP contribution in [0.2, 0.25) is 0 Å². The van der Waals surface area contributed by atoms with Crippen molar-refractivity contribution in [2.24, 2.45) is 0 Å². The number of rotatable bonds is 8. The molecule has 0 aliphatic carbocycles. The van der Waals surface area contributed by atoms with Crippen molar-refractivity contribution >= 4 is 10.9 Å². The maximum atomic E-state index is 15.9. The molecule has 2 aromatic heterocycles. The van der Waals surface area contributed by atoms with E-state index in [1.165, 1.54) is 19.2 Å². The van der Waals surface area contributed by atoms with Crippen LogP contribution in [0.15, 0.2) is 60.7 Å². The zero-order valence-corrected chi connectivity index (χ0v) is 20.9. The smallest absolute Gasteiger partial charge is 0.333 e. The Morgan fingerprint density at radius 2 is 1.76 bits per heavy atom. The zero-order valence-electron chi connectivity index (χ0n) is 20.9. The lowest BCUT2D eigenvalue weighted by atomic mass is 10.0. The molecule has 0 spiro atoms. The number of tetrazole rings is 1. The Hall–Kier alpha value is -4.85. The van der Waals surface area contributed by atoms with Gasteiger partial charge in [-0.25, -0.2) is 4.68 Å². The molecule has 0 aliphatic heterocycles. The fraction of sp³-hybridized carbons (Fsp3) is 0.222. The molecule has 0 aliphatic rings. The lowest BCUT2D eigenvalue weighted by molar-refractivity contribution is 0.0281. The van der Waals surface area contributed by atoms with Gasteiger partial charge in [-0.15, -0.1) is 5.10 Å². The monoisotopic (exact) mass is 515 g/mol. The van der Waals surface area contributed by atoms with Crippen molar-refractivity contribution in [1.29, 1.82) is 5.26 Å². The number of ether oxygens (including phenoxy) is 2. The van der Waals surface area contributed by atoms with Gasteiger partial charge in [0.25, 0.3) is 0 Å². The minimum Gasteiger partial charge on any atom is -0.497 e. The van der Waals surface area contributed by atoms with Crippen LogP contribution in [0, 0.1) is 18.3 Å². The maximum Gasteiger partial charge on any atom is 0.333 e. The number of methoxy groups -OCH3 is 2. The largest absolute Gasteiger partial charge is 0.497 e. The third-order valence-electron chi connectivity index (χ3n) is 6.38. The summed E-state index contributed by atoms with van der Waals surface area (Å²) < 4.78 is 45.0. The van der Waals surface area contributed by atoms with Crippen molar-refractivity contribution in [3.8, 4) is 17.6 Å². The lowest BCUT2D eigenvalue weighted by Gasteiger charge is -2.17. The van der Waals surface area contributed by atoms with E-state index in [0.717, 1.165) is 15.6 Å². The molecule has 0 saturated heterocycles. The summed E-state index contributed by atoms with van der Waals surface area (Å²) in [7, 11) is 3.07. The van der Waals surface area contributed by atoms with E-state index in [4.69, 9.17) is 9.47 Å². The summed E-state index contributed by atoms with van der Waals surface area (Å²) in [6.07, 6.45) is 0. The van der Waals surface area contributed by atoms with E-state index in [0.29, 0.717) is 33.8 Å². The minimum absolute atomic E-state index is 0.0614. The van der Waals surface area contributed by atoms with E-state index in [9.17, 15) is 5.26 Å². The highest BCUT2D eigenvalue weighted by Crippen LogP contribution is 2.36. The first-order chi connectivity index (χ1) is 18.3. The van der Waals surface area contributed by atoms with E-state index in [2.05, 4.69) is 26.7 Å². The molecule has 0 fully saturated rings. The zero-order chi connectivity index (χ0) is 26.9. The van der Waals surface area contributed by atoms with Crippen molar-refractivity contribution in [2.75, 3.05) is 14.2 Å². The van der Waals surface area contributed by atoms with Crippen molar-refractivity contribution in [2.45, 2.75) is 25.9 Å². The second-order valence-electron chi connectivity index (χ2n) is 8.66. The molecule has 11 heteroatoms. The molecule has 0 amide bonds. The summed E-state index contributed by atoms with van der Waals surface area (Å²) in [5.41, 5.74) is 2.66. The highest BCUT2D eigenvalue weighted by Gasteiger charge is 2.40. The van der Waals surface area contributed by atoms with Crippen LogP contribution < -0.4 is 9.47 Å². The Balaban J connectivity index is 1.53.